The van der Waals surface area contributed by atoms with E-state index in [9.17, 15) is 19.2 Å². The number of nitrogens with two attached hydrogens (primary N) is 1. The molecule has 9 heteroatoms. The number of carbonyl (C=O) groups excluding carboxylic acids is 2. The molecule has 0 aliphatic carbocycles. The van der Waals surface area contributed by atoms with Crippen molar-refractivity contribution in [2.24, 2.45) is 14.1 Å². The molecule has 1 heterocycles. The summed E-state index contributed by atoms with van der Waals surface area (Å²) < 4.78 is 6.72. The van der Waals surface area contributed by atoms with Crippen LogP contribution < -0.4 is 17.0 Å². The van der Waals surface area contributed by atoms with E-state index < -0.39 is 29.6 Å². The number of aryl methyl sites for hydroxylation is 2. The number of hydrogen-bond donors (Lipinski definition) is 1. The van der Waals surface area contributed by atoms with Gasteiger partial charge in [-0.2, -0.15) is 0 Å². The zero-order chi connectivity index (χ0) is 20.3. The summed E-state index contributed by atoms with van der Waals surface area (Å²) in [7, 11) is 2.59. The highest BCUT2D eigenvalue weighted by molar-refractivity contribution is 8.00. The number of anilines is 1. The Balaban J connectivity index is 2.01. The van der Waals surface area contributed by atoms with Crippen LogP contribution in [0, 0.1) is 13.8 Å². The van der Waals surface area contributed by atoms with E-state index in [0.717, 1.165) is 25.2 Å². The SMILES string of the molecule is Cc1ccc(SCC(=O)OCC(=O)c2c(N)n(C)c(=O)n(C)c2=O)cc1C. The minimum atomic E-state index is -0.818. The predicted molar refractivity (Wildman–Crippen MR) is 103 cm³/mol. The van der Waals surface area contributed by atoms with Gasteiger partial charge in [-0.05, 0) is 37.1 Å². The molecule has 0 saturated heterocycles. The number of rotatable bonds is 6. The van der Waals surface area contributed by atoms with E-state index in [1.165, 1.54) is 25.9 Å². The third-order valence-corrected chi connectivity index (χ3v) is 5.16. The Kier molecular flexibility index (Phi) is 6.27. The van der Waals surface area contributed by atoms with E-state index >= 15 is 0 Å². The zero-order valence-electron chi connectivity index (χ0n) is 15.6. The minimum absolute atomic E-state index is 0.0244. The van der Waals surface area contributed by atoms with Gasteiger partial charge < -0.3 is 10.5 Å². The van der Waals surface area contributed by atoms with Crippen molar-refractivity contribution in [2.75, 3.05) is 18.1 Å². The molecule has 0 radical (unpaired) electrons. The fraction of sp³-hybridized carbons (Fsp3) is 0.333. The van der Waals surface area contributed by atoms with E-state index in [4.69, 9.17) is 10.5 Å². The van der Waals surface area contributed by atoms with Crippen molar-refractivity contribution < 1.29 is 14.3 Å². The number of ketones is 1. The third-order valence-electron chi connectivity index (χ3n) is 4.19. The van der Waals surface area contributed by atoms with Crippen molar-refractivity contribution in [3.8, 4) is 0 Å². The normalized spacial score (nSPS) is 10.7. The number of Topliss-reactive ketones (excluding diaryl/α,β-unsaturated/α-hetero) is 1. The van der Waals surface area contributed by atoms with Gasteiger partial charge in [0.1, 0.15) is 11.4 Å². The van der Waals surface area contributed by atoms with Crippen LogP contribution in [0.15, 0.2) is 32.7 Å². The largest absolute Gasteiger partial charge is 0.457 e. The van der Waals surface area contributed by atoms with Crippen LogP contribution in [0.25, 0.3) is 0 Å². The molecule has 0 spiro atoms. The predicted octanol–water partition coefficient (Wildman–Crippen LogP) is 0.801. The first-order chi connectivity index (χ1) is 12.6. The van der Waals surface area contributed by atoms with Gasteiger partial charge in [0, 0.05) is 19.0 Å². The summed E-state index contributed by atoms with van der Waals surface area (Å²) in [5.41, 5.74) is 6.15. The zero-order valence-corrected chi connectivity index (χ0v) is 16.4. The average molecular weight is 391 g/mol. The summed E-state index contributed by atoms with van der Waals surface area (Å²) in [6.45, 7) is 3.36. The van der Waals surface area contributed by atoms with Gasteiger partial charge >= 0.3 is 11.7 Å². The van der Waals surface area contributed by atoms with Crippen LogP contribution in [0.3, 0.4) is 0 Å². The van der Waals surface area contributed by atoms with Gasteiger partial charge in [-0.15, -0.1) is 11.8 Å². The van der Waals surface area contributed by atoms with Crippen molar-refractivity contribution in [1.29, 1.82) is 0 Å². The lowest BCUT2D eigenvalue weighted by molar-refractivity contribution is -0.139. The van der Waals surface area contributed by atoms with E-state index in [-0.39, 0.29) is 17.1 Å². The molecule has 0 bridgehead atoms. The van der Waals surface area contributed by atoms with Crippen molar-refractivity contribution >= 4 is 29.3 Å². The lowest BCUT2D eigenvalue weighted by Gasteiger charge is -2.11. The highest BCUT2D eigenvalue weighted by Gasteiger charge is 2.21. The molecule has 27 heavy (non-hydrogen) atoms. The Morgan fingerprint density at radius 2 is 1.78 bits per heavy atom. The number of thioether (sulfide) groups is 1. The molecule has 144 valence electrons. The van der Waals surface area contributed by atoms with E-state index in [1.807, 2.05) is 32.0 Å². The summed E-state index contributed by atoms with van der Waals surface area (Å²) >= 11 is 1.29. The Hall–Kier alpha value is -2.81. The number of nitrogen functional groups attached to an aromatic ring is 1. The van der Waals surface area contributed by atoms with Gasteiger partial charge in [0.05, 0.1) is 5.75 Å². The molecule has 2 aromatic rings. The fourth-order valence-corrected chi connectivity index (χ4v) is 3.12. The molecule has 2 N–H and O–H groups in total. The lowest BCUT2D eigenvalue weighted by Crippen LogP contribution is -2.42. The number of hydrogen-bond acceptors (Lipinski definition) is 7. The maximum absolute atomic E-state index is 12.3. The second-order valence-corrected chi connectivity index (χ2v) is 7.13. The Morgan fingerprint density at radius 3 is 2.41 bits per heavy atom. The van der Waals surface area contributed by atoms with Crippen molar-refractivity contribution in [1.82, 2.24) is 9.13 Å². The number of aromatic nitrogens is 2. The van der Waals surface area contributed by atoms with Gasteiger partial charge in [-0.1, -0.05) is 6.07 Å². The van der Waals surface area contributed by atoms with Crippen molar-refractivity contribution in [3.05, 3.63) is 55.7 Å². The van der Waals surface area contributed by atoms with Crippen molar-refractivity contribution in [2.45, 2.75) is 18.7 Å². The molecule has 0 aliphatic rings. The summed E-state index contributed by atoms with van der Waals surface area (Å²) in [5.74, 6) is -1.58. The van der Waals surface area contributed by atoms with Crippen LogP contribution in [0.4, 0.5) is 5.82 Å². The molecule has 0 saturated carbocycles. The molecule has 0 aliphatic heterocycles. The van der Waals surface area contributed by atoms with Crippen LogP contribution in [-0.4, -0.2) is 33.2 Å². The van der Waals surface area contributed by atoms with Gasteiger partial charge in [0.15, 0.2) is 6.61 Å². The van der Waals surface area contributed by atoms with Crippen LogP contribution in [0.5, 0.6) is 0 Å². The molecule has 1 aromatic heterocycles. The minimum Gasteiger partial charge on any atom is -0.457 e. The third kappa shape index (κ3) is 4.48. The molecule has 0 unspecified atom stereocenters. The van der Waals surface area contributed by atoms with Gasteiger partial charge in [-0.3, -0.25) is 23.5 Å². The van der Waals surface area contributed by atoms with E-state index in [1.54, 1.807) is 0 Å². The molecular formula is C18H21N3O5S. The summed E-state index contributed by atoms with van der Waals surface area (Å²) in [6.07, 6.45) is 0. The van der Waals surface area contributed by atoms with Crippen LogP contribution >= 0.6 is 11.8 Å². The van der Waals surface area contributed by atoms with E-state index in [2.05, 4.69) is 0 Å². The smallest absolute Gasteiger partial charge is 0.332 e. The average Bonchev–Trinajstić information content (AvgIpc) is 2.64. The number of ether oxygens (including phenoxy) is 1. The second kappa shape index (κ2) is 8.26. The highest BCUT2D eigenvalue weighted by atomic mass is 32.2. The molecular weight excluding hydrogens is 370 g/mol. The Labute approximate surface area is 159 Å². The number of carbonyl (C=O) groups is 2. The van der Waals surface area contributed by atoms with Gasteiger partial charge in [-0.25, -0.2) is 4.79 Å². The monoisotopic (exact) mass is 391 g/mol. The number of benzene rings is 1. The first-order valence-corrected chi connectivity index (χ1v) is 9.06. The number of nitrogens with zero attached hydrogens (tertiary/aromatic N) is 2. The van der Waals surface area contributed by atoms with Gasteiger partial charge in [0.25, 0.3) is 5.56 Å². The quantitative estimate of drug-likeness (QED) is 0.440. The maximum atomic E-state index is 12.3. The Bertz CT molecular complexity index is 1020. The summed E-state index contributed by atoms with van der Waals surface area (Å²) in [5, 5.41) is 0. The molecule has 8 nitrogen and oxygen atoms in total. The van der Waals surface area contributed by atoms with E-state index in [0.29, 0.717) is 0 Å². The van der Waals surface area contributed by atoms with Crippen LogP contribution in [-0.2, 0) is 23.6 Å². The maximum Gasteiger partial charge on any atom is 0.332 e. The lowest BCUT2D eigenvalue weighted by atomic mass is 10.1. The first kappa shape index (κ1) is 20.5. The van der Waals surface area contributed by atoms with Gasteiger partial charge in [0.2, 0.25) is 5.78 Å². The van der Waals surface area contributed by atoms with Crippen molar-refractivity contribution in [3.63, 3.8) is 0 Å². The molecule has 2 rings (SSSR count). The molecule has 0 atom stereocenters. The first-order valence-electron chi connectivity index (χ1n) is 8.07. The summed E-state index contributed by atoms with van der Waals surface area (Å²) in [4.78, 5) is 49.0. The Morgan fingerprint density at radius 1 is 1.11 bits per heavy atom. The van der Waals surface area contributed by atoms with Crippen LogP contribution in [0.1, 0.15) is 21.5 Å². The standard InChI is InChI=1S/C18H21N3O5S/c1-10-5-6-12(7-11(10)2)27-9-14(23)26-8-13(22)15-16(19)20(3)18(25)21(4)17(15)24/h5-7H,8-9,19H2,1-4H3. The second-order valence-electron chi connectivity index (χ2n) is 6.08. The molecule has 0 amide bonds. The highest BCUT2D eigenvalue weighted by Crippen LogP contribution is 2.21. The topological polar surface area (TPSA) is 113 Å². The molecule has 0 fully saturated rings. The summed E-state index contributed by atoms with van der Waals surface area (Å²) in [6, 6.07) is 5.83. The van der Waals surface area contributed by atoms with Crippen LogP contribution in [0.2, 0.25) is 0 Å². The number of esters is 1. The fourth-order valence-electron chi connectivity index (χ4n) is 2.33. The molecule has 1 aromatic carbocycles.